The molecule has 0 fully saturated rings. The van der Waals surface area contributed by atoms with Crippen LogP contribution >= 0.6 is 0 Å². The summed E-state index contributed by atoms with van der Waals surface area (Å²) in [6, 6.07) is 0. The van der Waals surface area contributed by atoms with Crippen molar-refractivity contribution in [3.63, 3.8) is 0 Å². The first kappa shape index (κ1) is 13.1. The standard InChI is InChI=1S/C12H21N3O/c1-10(2)6-13-5-4-12(3,16)11-7-14-9-15-8-11/h7-10,13,16H,4-6H2,1-3H3. The predicted molar refractivity (Wildman–Crippen MR) is 63.9 cm³/mol. The van der Waals surface area contributed by atoms with Crippen molar-refractivity contribution in [3.8, 4) is 0 Å². The van der Waals surface area contributed by atoms with Crippen molar-refractivity contribution in [2.45, 2.75) is 32.8 Å². The Hall–Kier alpha value is -1.00. The summed E-state index contributed by atoms with van der Waals surface area (Å²) < 4.78 is 0. The first-order valence-electron chi connectivity index (χ1n) is 5.71. The Morgan fingerprint density at radius 3 is 2.56 bits per heavy atom. The van der Waals surface area contributed by atoms with Gasteiger partial charge < -0.3 is 10.4 Å². The van der Waals surface area contributed by atoms with Gasteiger partial charge in [0.2, 0.25) is 0 Å². The van der Waals surface area contributed by atoms with E-state index >= 15 is 0 Å². The van der Waals surface area contributed by atoms with Crippen molar-refractivity contribution >= 4 is 0 Å². The Bertz CT molecular complexity index is 298. The molecular formula is C12H21N3O. The van der Waals surface area contributed by atoms with Crippen molar-refractivity contribution in [2.75, 3.05) is 13.1 Å². The van der Waals surface area contributed by atoms with Crippen LogP contribution in [-0.4, -0.2) is 28.2 Å². The van der Waals surface area contributed by atoms with Crippen LogP contribution in [-0.2, 0) is 5.60 Å². The highest BCUT2D eigenvalue weighted by Gasteiger charge is 2.22. The lowest BCUT2D eigenvalue weighted by Crippen LogP contribution is -2.29. The molecule has 90 valence electrons. The van der Waals surface area contributed by atoms with Crippen LogP contribution in [0.5, 0.6) is 0 Å². The fourth-order valence-electron chi connectivity index (χ4n) is 1.44. The zero-order valence-electron chi connectivity index (χ0n) is 10.3. The largest absolute Gasteiger partial charge is 0.385 e. The summed E-state index contributed by atoms with van der Waals surface area (Å²) in [5, 5.41) is 13.5. The molecule has 0 saturated heterocycles. The summed E-state index contributed by atoms with van der Waals surface area (Å²) >= 11 is 0. The maximum Gasteiger partial charge on any atom is 0.115 e. The molecule has 4 nitrogen and oxygen atoms in total. The summed E-state index contributed by atoms with van der Waals surface area (Å²) in [6.45, 7) is 7.89. The van der Waals surface area contributed by atoms with E-state index in [4.69, 9.17) is 0 Å². The highest BCUT2D eigenvalue weighted by Crippen LogP contribution is 2.21. The maximum absolute atomic E-state index is 10.2. The minimum absolute atomic E-state index is 0.630. The van der Waals surface area contributed by atoms with Crippen molar-refractivity contribution < 1.29 is 5.11 Å². The second kappa shape index (κ2) is 5.92. The highest BCUT2D eigenvalue weighted by molar-refractivity contribution is 5.12. The van der Waals surface area contributed by atoms with E-state index in [1.807, 2.05) is 0 Å². The lowest BCUT2D eigenvalue weighted by Gasteiger charge is -2.23. The molecule has 0 radical (unpaired) electrons. The molecule has 16 heavy (non-hydrogen) atoms. The monoisotopic (exact) mass is 223 g/mol. The van der Waals surface area contributed by atoms with Crippen LogP contribution in [0.4, 0.5) is 0 Å². The van der Waals surface area contributed by atoms with Gasteiger partial charge >= 0.3 is 0 Å². The zero-order valence-corrected chi connectivity index (χ0v) is 10.3. The van der Waals surface area contributed by atoms with E-state index in [2.05, 4.69) is 29.1 Å². The van der Waals surface area contributed by atoms with Gasteiger partial charge in [0, 0.05) is 18.0 Å². The number of rotatable bonds is 6. The summed E-state index contributed by atoms with van der Waals surface area (Å²) in [7, 11) is 0. The lowest BCUT2D eigenvalue weighted by atomic mass is 9.95. The van der Waals surface area contributed by atoms with Crippen LogP contribution in [0.3, 0.4) is 0 Å². The van der Waals surface area contributed by atoms with Gasteiger partial charge in [-0.3, -0.25) is 0 Å². The first-order chi connectivity index (χ1) is 7.52. The summed E-state index contributed by atoms with van der Waals surface area (Å²) in [5.74, 6) is 0.630. The van der Waals surface area contributed by atoms with Gasteiger partial charge in [0.05, 0.1) is 5.60 Å². The molecular weight excluding hydrogens is 202 g/mol. The molecule has 1 rings (SSSR count). The van der Waals surface area contributed by atoms with Gasteiger partial charge in [0.15, 0.2) is 0 Å². The van der Waals surface area contributed by atoms with Gasteiger partial charge in [-0.25, -0.2) is 9.97 Å². The summed E-state index contributed by atoms with van der Waals surface area (Å²) in [4.78, 5) is 7.83. The molecule has 1 heterocycles. The first-order valence-corrected chi connectivity index (χ1v) is 5.71. The predicted octanol–water partition coefficient (Wildman–Crippen LogP) is 1.32. The molecule has 0 bridgehead atoms. The van der Waals surface area contributed by atoms with Crippen LogP contribution < -0.4 is 5.32 Å². The SMILES string of the molecule is CC(C)CNCCC(C)(O)c1cncnc1. The third kappa shape index (κ3) is 4.24. The van der Waals surface area contributed by atoms with E-state index < -0.39 is 5.60 Å². The van der Waals surface area contributed by atoms with Gasteiger partial charge in [0.1, 0.15) is 6.33 Å². The minimum Gasteiger partial charge on any atom is -0.385 e. The lowest BCUT2D eigenvalue weighted by molar-refractivity contribution is 0.0471. The van der Waals surface area contributed by atoms with E-state index in [-0.39, 0.29) is 0 Å². The van der Waals surface area contributed by atoms with Crippen molar-refractivity contribution in [3.05, 3.63) is 24.3 Å². The molecule has 0 saturated carbocycles. The number of hydrogen-bond acceptors (Lipinski definition) is 4. The highest BCUT2D eigenvalue weighted by atomic mass is 16.3. The molecule has 1 aromatic heterocycles. The van der Waals surface area contributed by atoms with E-state index in [1.54, 1.807) is 19.3 Å². The smallest absolute Gasteiger partial charge is 0.115 e. The fourth-order valence-corrected chi connectivity index (χ4v) is 1.44. The van der Waals surface area contributed by atoms with Crippen LogP contribution in [0.2, 0.25) is 0 Å². The second-order valence-corrected chi connectivity index (χ2v) is 4.75. The molecule has 1 atom stereocenters. The molecule has 0 amide bonds. The van der Waals surface area contributed by atoms with E-state index in [1.165, 1.54) is 6.33 Å². The van der Waals surface area contributed by atoms with E-state index in [0.29, 0.717) is 12.3 Å². The molecule has 0 aliphatic rings. The number of hydrogen-bond donors (Lipinski definition) is 2. The third-order valence-electron chi connectivity index (χ3n) is 2.52. The molecule has 0 spiro atoms. The molecule has 0 aromatic carbocycles. The Morgan fingerprint density at radius 1 is 1.38 bits per heavy atom. The Labute approximate surface area is 97.1 Å². The van der Waals surface area contributed by atoms with Crippen LogP contribution in [0, 0.1) is 5.92 Å². The van der Waals surface area contributed by atoms with E-state index in [9.17, 15) is 5.11 Å². The zero-order chi connectivity index (χ0) is 12.0. The van der Waals surface area contributed by atoms with Crippen LogP contribution in [0.15, 0.2) is 18.7 Å². The third-order valence-corrected chi connectivity index (χ3v) is 2.52. The number of aromatic nitrogens is 2. The fraction of sp³-hybridized carbons (Fsp3) is 0.667. The van der Waals surface area contributed by atoms with Gasteiger partial charge in [-0.05, 0) is 32.4 Å². The van der Waals surface area contributed by atoms with Crippen molar-refractivity contribution in [1.82, 2.24) is 15.3 Å². The normalized spacial score (nSPS) is 15.1. The molecule has 4 heteroatoms. The van der Waals surface area contributed by atoms with Crippen LogP contribution in [0.1, 0.15) is 32.8 Å². The quantitative estimate of drug-likeness (QED) is 0.714. The Morgan fingerprint density at radius 2 is 2.00 bits per heavy atom. The number of aliphatic hydroxyl groups is 1. The average molecular weight is 223 g/mol. The van der Waals surface area contributed by atoms with Crippen LogP contribution in [0.25, 0.3) is 0 Å². The second-order valence-electron chi connectivity index (χ2n) is 4.75. The van der Waals surface area contributed by atoms with Gasteiger partial charge in [0.25, 0.3) is 0 Å². The van der Waals surface area contributed by atoms with Gasteiger partial charge in [-0.2, -0.15) is 0 Å². The van der Waals surface area contributed by atoms with E-state index in [0.717, 1.165) is 18.7 Å². The summed E-state index contributed by atoms with van der Waals surface area (Å²) in [5.41, 5.74) is -0.0908. The summed E-state index contributed by atoms with van der Waals surface area (Å²) in [6.07, 6.45) is 5.45. The maximum atomic E-state index is 10.2. The van der Waals surface area contributed by atoms with Crippen molar-refractivity contribution in [2.24, 2.45) is 5.92 Å². The Balaban J connectivity index is 2.40. The number of nitrogens with one attached hydrogen (secondary N) is 1. The molecule has 2 N–H and O–H groups in total. The molecule has 1 aromatic rings. The minimum atomic E-state index is -0.856. The topological polar surface area (TPSA) is 58.0 Å². The number of nitrogens with zero attached hydrogens (tertiary/aromatic N) is 2. The van der Waals surface area contributed by atoms with Gasteiger partial charge in [-0.15, -0.1) is 0 Å². The molecule has 1 unspecified atom stereocenters. The molecule has 0 aliphatic carbocycles. The van der Waals surface area contributed by atoms with Crippen molar-refractivity contribution in [1.29, 1.82) is 0 Å². The van der Waals surface area contributed by atoms with Gasteiger partial charge in [-0.1, -0.05) is 13.8 Å². The Kier molecular flexibility index (Phi) is 4.83. The average Bonchev–Trinajstić information content (AvgIpc) is 2.26. The molecule has 0 aliphatic heterocycles.